The van der Waals surface area contributed by atoms with Crippen molar-refractivity contribution in [2.75, 3.05) is 14.2 Å². The Morgan fingerprint density at radius 1 is 1.22 bits per heavy atom. The minimum atomic E-state index is -4.27. The first-order valence-corrected chi connectivity index (χ1v) is 8.29. The van der Waals surface area contributed by atoms with Gasteiger partial charge in [-0.25, -0.2) is 0 Å². The lowest BCUT2D eigenvalue weighted by molar-refractivity contribution is 0.284. The first kappa shape index (κ1) is 15.5. The van der Waals surface area contributed by atoms with Crippen LogP contribution >= 0.6 is 15.2 Å². The molecule has 1 aromatic heterocycles. The zero-order valence-electron chi connectivity index (χ0n) is 9.96. The molecule has 18 heavy (non-hydrogen) atoms. The van der Waals surface area contributed by atoms with Gasteiger partial charge in [-0.05, 0) is 12.1 Å². The fraction of sp³-hybridized carbons (Fsp3) is 0.444. The Morgan fingerprint density at radius 3 is 2.17 bits per heavy atom. The van der Waals surface area contributed by atoms with Gasteiger partial charge in [-0.15, -0.1) is 0 Å². The predicted octanol–water partition coefficient (Wildman–Crippen LogP) is 1.61. The molecule has 2 atom stereocenters. The molecular weight excluding hydrogens is 280 g/mol. The topological polar surface area (TPSA) is 106 Å². The molecule has 7 nitrogen and oxygen atoms in total. The molecule has 102 valence electrons. The Morgan fingerprint density at radius 2 is 1.78 bits per heavy atom. The van der Waals surface area contributed by atoms with Crippen molar-refractivity contribution in [3.05, 3.63) is 30.1 Å². The number of hydrogen-bond acceptors (Lipinski definition) is 5. The molecule has 0 aliphatic carbocycles. The quantitative estimate of drug-likeness (QED) is 0.768. The summed E-state index contributed by atoms with van der Waals surface area (Å²) < 4.78 is 32.4. The lowest BCUT2D eigenvalue weighted by Gasteiger charge is -2.23. The molecule has 0 radical (unpaired) electrons. The summed E-state index contributed by atoms with van der Waals surface area (Å²) in [4.78, 5) is 23.1. The summed E-state index contributed by atoms with van der Waals surface area (Å²) in [5.74, 6) is 0. The van der Waals surface area contributed by atoms with E-state index in [1.165, 1.54) is 6.20 Å². The van der Waals surface area contributed by atoms with E-state index in [9.17, 15) is 18.9 Å². The molecular formula is C9H15NO6P2. The summed E-state index contributed by atoms with van der Waals surface area (Å²) in [7, 11) is -6.53. The lowest BCUT2D eigenvalue weighted by Crippen LogP contribution is -2.15. The van der Waals surface area contributed by atoms with Crippen molar-refractivity contribution in [1.29, 1.82) is 0 Å². The first-order valence-electron chi connectivity index (χ1n) is 5.00. The van der Waals surface area contributed by atoms with E-state index < -0.39 is 20.6 Å². The van der Waals surface area contributed by atoms with Crippen molar-refractivity contribution in [2.45, 2.75) is 11.8 Å². The highest BCUT2D eigenvalue weighted by molar-refractivity contribution is 7.71. The van der Waals surface area contributed by atoms with Crippen LogP contribution in [0.3, 0.4) is 0 Å². The zero-order chi connectivity index (χ0) is 13.8. The van der Waals surface area contributed by atoms with Crippen LogP contribution in [0.2, 0.25) is 0 Å². The molecule has 0 amide bonds. The highest BCUT2D eigenvalue weighted by atomic mass is 31.2. The highest BCUT2D eigenvalue weighted by Crippen LogP contribution is 2.65. The molecule has 9 heteroatoms. The first-order chi connectivity index (χ1) is 8.33. The molecule has 0 fully saturated rings. The Balaban J connectivity index is 3.08. The van der Waals surface area contributed by atoms with E-state index >= 15 is 0 Å². The summed E-state index contributed by atoms with van der Waals surface area (Å²) in [6, 6.07) is 4.92. The maximum Gasteiger partial charge on any atom is 0.343 e. The van der Waals surface area contributed by atoms with Gasteiger partial charge >= 0.3 is 15.2 Å². The second-order valence-corrected chi connectivity index (χ2v) is 8.14. The normalized spacial score (nSPS) is 19.8. The van der Waals surface area contributed by atoms with Gasteiger partial charge in [-0.1, -0.05) is 6.07 Å². The standard InChI is InChI=1S/C9H15NO6P2/c1-15-17(11,12)9(18(13,14)16-2)7-8-5-3-4-6-10-8/h3-6,9H,7H2,1-2H3,(H,11,12)(H,13,14). The van der Waals surface area contributed by atoms with Crippen LogP contribution < -0.4 is 0 Å². The Bertz CT molecular complexity index is 455. The number of rotatable bonds is 6. The molecule has 0 saturated heterocycles. The second-order valence-electron chi connectivity index (χ2n) is 3.50. The van der Waals surface area contributed by atoms with Gasteiger partial charge in [0, 0.05) is 32.5 Å². The average molecular weight is 295 g/mol. The average Bonchev–Trinajstić information content (AvgIpc) is 2.37. The predicted molar refractivity (Wildman–Crippen MR) is 65.4 cm³/mol. The zero-order valence-corrected chi connectivity index (χ0v) is 11.8. The number of aromatic nitrogens is 1. The van der Waals surface area contributed by atoms with Crippen molar-refractivity contribution >= 4 is 15.2 Å². The smallest absolute Gasteiger partial charge is 0.324 e. The molecule has 1 aromatic rings. The van der Waals surface area contributed by atoms with E-state index in [0.717, 1.165) is 14.2 Å². The van der Waals surface area contributed by atoms with Crippen LogP contribution in [-0.4, -0.2) is 34.4 Å². The van der Waals surface area contributed by atoms with Gasteiger partial charge < -0.3 is 18.8 Å². The van der Waals surface area contributed by atoms with E-state index in [0.29, 0.717) is 5.69 Å². The van der Waals surface area contributed by atoms with E-state index in [1.54, 1.807) is 18.2 Å². The Labute approximate surface area is 105 Å². The summed E-state index contributed by atoms with van der Waals surface area (Å²) in [5, 5.41) is -1.56. The molecule has 0 spiro atoms. The second kappa shape index (κ2) is 6.06. The van der Waals surface area contributed by atoms with E-state index in [2.05, 4.69) is 14.0 Å². The molecule has 1 heterocycles. The third-order valence-electron chi connectivity index (χ3n) is 2.39. The van der Waals surface area contributed by atoms with Crippen molar-refractivity contribution < 1.29 is 28.0 Å². The third kappa shape index (κ3) is 3.72. The molecule has 0 bridgehead atoms. The van der Waals surface area contributed by atoms with Gasteiger partial charge in [0.05, 0.1) is 0 Å². The van der Waals surface area contributed by atoms with Crippen LogP contribution in [0.1, 0.15) is 5.69 Å². The monoisotopic (exact) mass is 295 g/mol. The molecule has 0 saturated carbocycles. The number of nitrogens with zero attached hydrogens (tertiary/aromatic N) is 1. The summed E-state index contributed by atoms with van der Waals surface area (Å²) in [6.45, 7) is 0. The van der Waals surface area contributed by atoms with Crippen LogP contribution in [0, 0.1) is 0 Å². The van der Waals surface area contributed by atoms with Crippen molar-refractivity contribution in [3.63, 3.8) is 0 Å². The third-order valence-corrected chi connectivity index (χ3v) is 7.06. The van der Waals surface area contributed by atoms with Gasteiger partial charge in [0.25, 0.3) is 0 Å². The lowest BCUT2D eigenvalue weighted by atomic mass is 10.3. The number of pyridine rings is 1. The molecule has 2 unspecified atom stereocenters. The van der Waals surface area contributed by atoms with Gasteiger partial charge in [0.2, 0.25) is 0 Å². The van der Waals surface area contributed by atoms with Crippen LogP contribution in [0.4, 0.5) is 0 Å². The molecule has 2 N–H and O–H groups in total. The van der Waals surface area contributed by atoms with Crippen LogP contribution in [0.15, 0.2) is 24.4 Å². The number of hydrogen-bond donors (Lipinski definition) is 2. The minimum absolute atomic E-state index is 0.190. The fourth-order valence-corrected chi connectivity index (χ4v) is 4.73. The minimum Gasteiger partial charge on any atom is -0.324 e. The maximum absolute atomic E-state index is 11.8. The van der Waals surface area contributed by atoms with Crippen LogP contribution in [0.5, 0.6) is 0 Å². The van der Waals surface area contributed by atoms with Gasteiger partial charge in [0.1, 0.15) is 0 Å². The van der Waals surface area contributed by atoms with E-state index in [4.69, 9.17) is 0 Å². The molecule has 0 aliphatic rings. The van der Waals surface area contributed by atoms with E-state index in [-0.39, 0.29) is 6.42 Å². The van der Waals surface area contributed by atoms with Crippen molar-refractivity contribution in [3.8, 4) is 0 Å². The Kier molecular flexibility index (Phi) is 5.22. The van der Waals surface area contributed by atoms with Crippen LogP contribution in [-0.2, 0) is 24.6 Å². The highest BCUT2D eigenvalue weighted by Gasteiger charge is 2.46. The maximum atomic E-state index is 11.8. The van der Waals surface area contributed by atoms with Gasteiger partial charge in [0.15, 0.2) is 5.40 Å². The molecule has 0 aliphatic heterocycles. The van der Waals surface area contributed by atoms with Crippen molar-refractivity contribution in [2.24, 2.45) is 0 Å². The largest absolute Gasteiger partial charge is 0.343 e. The summed E-state index contributed by atoms with van der Waals surface area (Å²) >= 11 is 0. The summed E-state index contributed by atoms with van der Waals surface area (Å²) in [6.07, 6.45) is 1.29. The van der Waals surface area contributed by atoms with Crippen molar-refractivity contribution in [1.82, 2.24) is 4.98 Å². The SMILES string of the molecule is COP(=O)(O)C(Cc1ccccn1)P(=O)(O)OC. The molecule has 0 aromatic carbocycles. The fourth-order valence-electron chi connectivity index (χ4n) is 1.36. The van der Waals surface area contributed by atoms with Crippen LogP contribution in [0.25, 0.3) is 0 Å². The molecule has 1 rings (SSSR count). The van der Waals surface area contributed by atoms with E-state index in [1.807, 2.05) is 0 Å². The van der Waals surface area contributed by atoms with Gasteiger partial charge in [-0.3, -0.25) is 14.1 Å². The summed E-state index contributed by atoms with van der Waals surface area (Å²) in [5.41, 5.74) is 0.403. The Hall–Kier alpha value is -0.550. The van der Waals surface area contributed by atoms with Gasteiger partial charge in [-0.2, -0.15) is 0 Å².